The molecule has 16 heteroatoms. The fourth-order valence-corrected chi connectivity index (χ4v) is 7.96. The molecule has 0 spiro atoms. The fraction of sp³-hybridized carbons (Fsp3) is 0.429. The third kappa shape index (κ3) is 6.51. The number of amides is 2. The van der Waals surface area contributed by atoms with E-state index in [-0.39, 0.29) is 79.3 Å². The number of thiophene rings is 1. The minimum atomic E-state index is -1.21. The van der Waals surface area contributed by atoms with Crippen LogP contribution in [0.5, 0.6) is 0 Å². The first-order valence-corrected chi connectivity index (χ1v) is 17.4. The average molecular weight is 742 g/mol. The largest absolute Gasteiger partial charge is 0.444 e. The number of halogens is 4. The number of fused-ring (bicyclic) bond motifs is 3. The van der Waals surface area contributed by atoms with E-state index in [0.717, 1.165) is 17.5 Å². The van der Waals surface area contributed by atoms with Gasteiger partial charge in [0.15, 0.2) is 11.6 Å². The molecule has 51 heavy (non-hydrogen) atoms. The summed E-state index contributed by atoms with van der Waals surface area (Å²) < 4.78 is 58.5. The lowest BCUT2D eigenvalue weighted by molar-refractivity contribution is 0.0101. The number of carbonyl (C=O) groups excluding carboxylic acids is 2. The molecule has 3 aromatic heterocycles. The summed E-state index contributed by atoms with van der Waals surface area (Å²) in [5.74, 6) is -1.83. The number of piperazine rings is 1. The Morgan fingerprint density at radius 2 is 1.78 bits per heavy atom. The van der Waals surface area contributed by atoms with E-state index < -0.39 is 52.7 Å². The van der Waals surface area contributed by atoms with Crippen LogP contribution in [-0.4, -0.2) is 68.4 Å². The molecule has 1 fully saturated rings. The second kappa shape index (κ2) is 12.8. The molecule has 2 aliphatic rings. The Labute approximate surface area is 301 Å². The van der Waals surface area contributed by atoms with Gasteiger partial charge in [-0.1, -0.05) is 25.1 Å². The molecule has 268 valence electrons. The summed E-state index contributed by atoms with van der Waals surface area (Å²) in [7, 11) is 0. The average Bonchev–Trinajstić information content (AvgIpc) is 3.33. The lowest BCUT2D eigenvalue weighted by Gasteiger charge is -2.46. The summed E-state index contributed by atoms with van der Waals surface area (Å²) >= 11 is 7.83. The van der Waals surface area contributed by atoms with Crippen molar-refractivity contribution in [3.05, 3.63) is 46.6 Å². The molecule has 0 aliphatic carbocycles. The van der Waals surface area contributed by atoms with Gasteiger partial charge in [-0.25, -0.2) is 18.4 Å². The minimum absolute atomic E-state index is 0.0534. The molecule has 6 rings (SSSR count). The number of nitrogens with zero attached hydrogens (tertiary/aromatic N) is 6. The summed E-state index contributed by atoms with van der Waals surface area (Å²) in [6, 6.07) is 1.15. The Bertz CT molecular complexity index is 2190. The third-order valence-corrected chi connectivity index (χ3v) is 10.0. The van der Waals surface area contributed by atoms with Crippen LogP contribution in [0.4, 0.5) is 33.6 Å². The van der Waals surface area contributed by atoms with Crippen molar-refractivity contribution in [1.82, 2.24) is 19.9 Å². The number of pyridine rings is 1. The van der Waals surface area contributed by atoms with Crippen molar-refractivity contribution in [2.75, 3.05) is 23.3 Å². The molecule has 2 aliphatic heterocycles. The number of nitriles is 1. The predicted molar refractivity (Wildman–Crippen MR) is 189 cm³/mol. The highest BCUT2D eigenvalue weighted by Crippen LogP contribution is 2.50. The van der Waals surface area contributed by atoms with Crippen molar-refractivity contribution in [3.8, 4) is 17.3 Å². The van der Waals surface area contributed by atoms with Gasteiger partial charge in [-0.05, 0) is 60.0 Å². The maximum Gasteiger partial charge on any atom is 0.412 e. The van der Waals surface area contributed by atoms with Gasteiger partial charge in [0.1, 0.15) is 33.6 Å². The molecule has 1 saturated heterocycles. The van der Waals surface area contributed by atoms with Crippen LogP contribution < -0.4 is 10.2 Å². The molecule has 2 atom stereocenters. The van der Waals surface area contributed by atoms with E-state index >= 15 is 13.2 Å². The lowest BCUT2D eigenvalue weighted by atomic mass is 9.93. The molecule has 0 bridgehead atoms. The zero-order chi connectivity index (χ0) is 37.3. The van der Waals surface area contributed by atoms with Gasteiger partial charge in [0.05, 0.1) is 50.2 Å². The first-order valence-electron chi connectivity index (χ1n) is 16.2. The number of ether oxygens (including phenoxy) is 2. The van der Waals surface area contributed by atoms with E-state index in [1.54, 1.807) is 46.4 Å². The number of rotatable bonds is 3. The van der Waals surface area contributed by atoms with Gasteiger partial charge in [-0.15, -0.1) is 11.3 Å². The second-order valence-corrected chi connectivity index (χ2v) is 15.8. The number of hydrogen-bond acceptors (Lipinski definition) is 10. The Morgan fingerprint density at radius 3 is 2.41 bits per heavy atom. The monoisotopic (exact) mass is 741 g/mol. The van der Waals surface area contributed by atoms with Crippen molar-refractivity contribution in [2.24, 2.45) is 0 Å². The molecule has 2 amide bonds. The summed E-state index contributed by atoms with van der Waals surface area (Å²) in [4.78, 5) is 41.6. The van der Waals surface area contributed by atoms with Crippen molar-refractivity contribution in [2.45, 2.75) is 84.6 Å². The lowest BCUT2D eigenvalue weighted by Crippen LogP contribution is -2.60. The van der Waals surface area contributed by atoms with Crippen LogP contribution in [0.3, 0.4) is 0 Å². The fourth-order valence-electron chi connectivity index (χ4n) is 6.52. The van der Waals surface area contributed by atoms with Gasteiger partial charge in [0.2, 0.25) is 0 Å². The van der Waals surface area contributed by atoms with Crippen molar-refractivity contribution in [1.29, 1.82) is 5.26 Å². The Hall–Kier alpha value is -4.68. The second-order valence-electron chi connectivity index (χ2n) is 14.4. The number of aromatic nitrogens is 3. The minimum Gasteiger partial charge on any atom is -0.444 e. The molecule has 0 radical (unpaired) electrons. The molecular weight excluding hydrogens is 707 g/mol. The highest BCUT2D eigenvalue weighted by Gasteiger charge is 2.42. The van der Waals surface area contributed by atoms with E-state index in [4.69, 9.17) is 21.1 Å². The van der Waals surface area contributed by atoms with Gasteiger partial charge < -0.3 is 19.3 Å². The first-order chi connectivity index (χ1) is 23.8. The van der Waals surface area contributed by atoms with Gasteiger partial charge in [-0.3, -0.25) is 10.3 Å². The van der Waals surface area contributed by atoms with E-state index in [0.29, 0.717) is 12.0 Å². The predicted octanol–water partition coefficient (Wildman–Crippen LogP) is 8.82. The Morgan fingerprint density at radius 1 is 1.10 bits per heavy atom. The topological polar surface area (TPSA) is 134 Å². The van der Waals surface area contributed by atoms with E-state index in [1.165, 1.54) is 0 Å². The van der Waals surface area contributed by atoms with E-state index in [9.17, 15) is 14.9 Å². The van der Waals surface area contributed by atoms with Gasteiger partial charge in [0, 0.05) is 24.0 Å². The van der Waals surface area contributed by atoms with Crippen LogP contribution in [0.1, 0.15) is 72.4 Å². The number of hydrogen-bond donors (Lipinski definition) is 1. The SMILES string of the molecule is C=C1C[C@@H]2CN(C(=O)OC(C)(C)C)[C@H](CC)CN2c2nc(F)nc3c(F)c(-c4ncc(F)c5sc(NC(=O)OC(C)(C)C)c(C#N)c45)c(Cl)c1c23. The van der Waals surface area contributed by atoms with Crippen molar-refractivity contribution < 1.29 is 32.2 Å². The first kappa shape index (κ1) is 36.1. The summed E-state index contributed by atoms with van der Waals surface area (Å²) in [6.45, 7) is 16.9. The van der Waals surface area contributed by atoms with Crippen LogP contribution in [0.25, 0.3) is 37.8 Å². The summed E-state index contributed by atoms with van der Waals surface area (Å²) in [5, 5.41) is 12.5. The standard InChI is InChI=1S/C35H35ClF3N7O4S/c1-9-16-13-45-17(14-46(16)33(48)50-35(6,7)8)10-15(2)20-22-27(42-31(39)43-29(22)45)25(38)23(24(20)36)26-21-18(11-40)30(44-32(47)49-34(3,4)5)51-28(21)19(37)12-41-26/h12,16-17H,2,9-10,13-14H2,1,3-8H3,(H,44,47)/t16-,17-/m1/s1. The molecule has 1 aromatic carbocycles. The Kier molecular flexibility index (Phi) is 9.08. The van der Waals surface area contributed by atoms with Gasteiger partial charge >= 0.3 is 18.3 Å². The highest BCUT2D eigenvalue weighted by molar-refractivity contribution is 7.23. The molecule has 0 unspecified atom stereocenters. The molecular formula is C35H35ClF3N7O4S. The van der Waals surface area contributed by atoms with E-state index in [1.807, 2.05) is 17.9 Å². The van der Waals surface area contributed by atoms with Crippen molar-refractivity contribution in [3.63, 3.8) is 0 Å². The number of nitrogens with one attached hydrogen (secondary N) is 1. The highest BCUT2D eigenvalue weighted by atomic mass is 35.5. The molecule has 0 saturated carbocycles. The quantitative estimate of drug-likeness (QED) is 0.205. The number of benzene rings is 1. The molecule has 4 aromatic rings. The smallest absolute Gasteiger partial charge is 0.412 e. The Balaban J connectivity index is 1.55. The maximum absolute atomic E-state index is 17.0. The van der Waals surface area contributed by atoms with Crippen LogP contribution in [0, 0.1) is 29.0 Å². The van der Waals surface area contributed by atoms with E-state index in [2.05, 4.69) is 26.8 Å². The third-order valence-electron chi connectivity index (χ3n) is 8.51. The number of carbonyl (C=O) groups is 2. The zero-order valence-corrected chi connectivity index (χ0v) is 30.6. The van der Waals surface area contributed by atoms with Crippen LogP contribution in [0.15, 0.2) is 12.8 Å². The van der Waals surface area contributed by atoms with Crippen LogP contribution in [-0.2, 0) is 9.47 Å². The summed E-state index contributed by atoms with van der Waals surface area (Å²) in [5.41, 5.74) is -2.18. The molecule has 1 N–H and O–H groups in total. The normalized spacial score (nSPS) is 17.6. The van der Waals surface area contributed by atoms with Crippen LogP contribution in [0.2, 0.25) is 5.02 Å². The molecule has 5 heterocycles. The van der Waals surface area contributed by atoms with Crippen LogP contribution >= 0.6 is 22.9 Å². The maximum atomic E-state index is 17.0. The zero-order valence-electron chi connectivity index (χ0n) is 29.0. The number of anilines is 2. The van der Waals surface area contributed by atoms with Crippen molar-refractivity contribution >= 4 is 72.5 Å². The van der Waals surface area contributed by atoms with Gasteiger partial charge in [-0.2, -0.15) is 19.6 Å². The summed E-state index contributed by atoms with van der Waals surface area (Å²) in [6.07, 6.45) is -0.992. The van der Waals surface area contributed by atoms with Gasteiger partial charge in [0.25, 0.3) is 0 Å². The molecule has 11 nitrogen and oxygen atoms in total.